The summed E-state index contributed by atoms with van der Waals surface area (Å²) in [5.74, 6) is 0.845. The smallest absolute Gasteiger partial charge is 0.189 e. The highest BCUT2D eigenvalue weighted by Crippen LogP contribution is 2.23. The molecule has 1 aliphatic rings. The molecule has 1 atom stereocenters. The van der Waals surface area contributed by atoms with E-state index in [-0.39, 0.29) is 6.10 Å². The van der Waals surface area contributed by atoms with Gasteiger partial charge in [-0.25, -0.2) is 0 Å². The van der Waals surface area contributed by atoms with E-state index >= 15 is 0 Å². The Labute approximate surface area is 58.3 Å². The fourth-order valence-corrected chi connectivity index (χ4v) is 0.941. The minimum atomic E-state index is 0.00926. The van der Waals surface area contributed by atoms with Gasteiger partial charge in [0.15, 0.2) is 6.10 Å². The van der Waals surface area contributed by atoms with Crippen molar-refractivity contribution < 1.29 is 9.25 Å². The molecule has 3 heteroatoms. The van der Waals surface area contributed by atoms with Crippen molar-refractivity contribution in [2.45, 2.75) is 12.5 Å². The number of nitrogens with zero attached hydrogens (tertiary/aromatic N) is 1. The van der Waals surface area contributed by atoms with Crippen LogP contribution in [0.3, 0.4) is 0 Å². The van der Waals surface area contributed by atoms with E-state index in [0.29, 0.717) is 0 Å². The van der Waals surface area contributed by atoms with E-state index in [1.807, 2.05) is 12.1 Å². The normalized spacial score (nSPS) is 23.0. The Bertz CT molecular complexity index is 220. The molecule has 3 nitrogen and oxygen atoms in total. The van der Waals surface area contributed by atoms with Crippen LogP contribution in [0, 0.1) is 0 Å². The molecule has 0 amide bonds. The van der Waals surface area contributed by atoms with Crippen molar-refractivity contribution in [3.05, 3.63) is 24.2 Å². The highest BCUT2D eigenvalue weighted by atomic mass is 16.6. The summed E-state index contributed by atoms with van der Waals surface area (Å²) in [5.41, 5.74) is 0. The average molecular weight is 137 g/mol. The van der Waals surface area contributed by atoms with Crippen molar-refractivity contribution in [3.63, 3.8) is 0 Å². The molecule has 2 heterocycles. The summed E-state index contributed by atoms with van der Waals surface area (Å²) in [4.78, 5) is 4.97. The molecular weight excluding hydrogens is 130 g/mol. The van der Waals surface area contributed by atoms with Crippen LogP contribution in [0.15, 0.2) is 28.0 Å². The summed E-state index contributed by atoms with van der Waals surface area (Å²) in [6.45, 7) is 0. The van der Waals surface area contributed by atoms with Crippen LogP contribution in [0.25, 0.3) is 0 Å². The number of furan rings is 1. The van der Waals surface area contributed by atoms with E-state index in [0.717, 1.165) is 12.2 Å². The molecule has 0 radical (unpaired) electrons. The van der Waals surface area contributed by atoms with Crippen molar-refractivity contribution in [2.75, 3.05) is 0 Å². The minimum Gasteiger partial charge on any atom is -0.465 e. The zero-order valence-electron chi connectivity index (χ0n) is 5.36. The van der Waals surface area contributed by atoms with Crippen LogP contribution in [0.1, 0.15) is 18.3 Å². The van der Waals surface area contributed by atoms with Gasteiger partial charge in [0.05, 0.1) is 6.26 Å². The first-order chi connectivity index (χ1) is 4.97. The maximum Gasteiger partial charge on any atom is 0.189 e. The SMILES string of the molecule is C1=NOC(c2ccco2)C1. The molecule has 10 heavy (non-hydrogen) atoms. The summed E-state index contributed by atoms with van der Waals surface area (Å²) in [5, 5.41) is 3.64. The predicted octanol–water partition coefficient (Wildman–Crippen LogP) is 1.73. The maximum absolute atomic E-state index is 5.11. The molecule has 0 fully saturated rings. The van der Waals surface area contributed by atoms with Crippen LogP contribution in [0.4, 0.5) is 0 Å². The Balaban J connectivity index is 2.14. The fourth-order valence-electron chi connectivity index (χ4n) is 0.941. The van der Waals surface area contributed by atoms with E-state index in [2.05, 4.69) is 5.16 Å². The molecule has 52 valence electrons. The molecule has 0 saturated heterocycles. The van der Waals surface area contributed by atoms with Gasteiger partial charge in [-0.15, -0.1) is 0 Å². The Morgan fingerprint density at radius 2 is 2.60 bits per heavy atom. The van der Waals surface area contributed by atoms with Crippen LogP contribution < -0.4 is 0 Å². The molecule has 0 aromatic carbocycles. The third-order valence-electron chi connectivity index (χ3n) is 1.44. The zero-order chi connectivity index (χ0) is 6.81. The van der Waals surface area contributed by atoms with Gasteiger partial charge in [0.1, 0.15) is 5.76 Å². The third kappa shape index (κ3) is 0.795. The second kappa shape index (κ2) is 2.17. The van der Waals surface area contributed by atoms with Gasteiger partial charge in [-0.3, -0.25) is 0 Å². The lowest BCUT2D eigenvalue weighted by Gasteiger charge is -2.01. The van der Waals surface area contributed by atoms with E-state index < -0.39 is 0 Å². The van der Waals surface area contributed by atoms with Crippen LogP contribution in [-0.2, 0) is 4.84 Å². The molecule has 0 N–H and O–H groups in total. The standard InChI is InChI=1S/C7H7NO2/c1-2-6(9-5-1)7-3-4-8-10-7/h1-2,4-5,7H,3H2. The first-order valence-corrected chi connectivity index (χ1v) is 3.18. The number of rotatable bonds is 1. The van der Waals surface area contributed by atoms with Gasteiger partial charge < -0.3 is 9.25 Å². The van der Waals surface area contributed by atoms with Gasteiger partial charge in [0.2, 0.25) is 0 Å². The van der Waals surface area contributed by atoms with Crippen molar-refractivity contribution in [3.8, 4) is 0 Å². The molecule has 0 saturated carbocycles. The predicted molar refractivity (Wildman–Crippen MR) is 35.6 cm³/mol. The van der Waals surface area contributed by atoms with E-state index in [9.17, 15) is 0 Å². The molecule has 1 aliphatic heterocycles. The first-order valence-electron chi connectivity index (χ1n) is 3.18. The molecule has 0 aliphatic carbocycles. The van der Waals surface area contributed by atoms with Crippen molar-refractivity contribution in [1.82, 2.24) is 0 Å². The monoisotopic (exact) mass is 137 g/mol. The second-order valence-electron chi connectivity index (χ2n) is 2.13. The lowest BCUT2D eigenvalue weighted by Crippen LogP contribution is -1.92. The Morgan fingerprint density at radius 1 is 1.60 bits per heavy atom. The Hall–Kier alpha value is -1.25. The van der Waals surface area contributed by atoms with Gasteiger partial charge in [-0.05, 0) is 12.1 Å². The largest absolute Gasteiger partial charge is 0.465 e. The molecule has 0 bridgehead atoms. The summed E-state index contributed by atoms with van der Waals surface area (Å²) in [6, 6.07) is 3.73. The van der Waals surface area contributed by atoms with E-state index in [1.54, 1.807) is 12.5 Å². The highest BCUT2D eigenvalue weighted by molar-refractivity contribution is 5.58. The lowest BCUT2D eigenvalue weighted by atomic mass is 10.2. The summed E-state index contributed by atoms with van der Waals surface area (Å²) in [6.07, 6.45) is 4.20. The van der Waals surface area contributed by atoms with Crippen molar-refractivity contribution in [1.29, 1.82) is 0 Å². The molecule has 1 aromatic heterocycles. The third-order valence-corrected chi connectivity index (χ3v) is 1.44. The number of hydrogen-bond acceptors (Lipinski definition) is 3. The molecule has 1 unspecified atom stereocenters. The Morgan fingerprint density at radius 3 is 3.20 bits per heavy atom. The van der Waals surface area contributed by atoms with Crippen molar-refractivity contribution >= 4 is 6.21 Å². The Kier molecular flexibility index (Phi) is 1.20. The number of hydrogen-bond donors (Lipinski definition) is 0. The van der Waals surface area contributed by atoms with Crippen molar-refractivity contribution in [2.24, 2.45) is 5.16 Å². The van der Waals surface area contributed by atoms with Gasteiger partial charge >= 0.3 is 0 Å². The topological polar surface area (TPSA) is 34.7 Å². The quantitative estimate of drug-likeness (QED) is 0.590. The van der Waals surface area contributed by atoms with Crippen LogP contribution in [0.5, 0.6) is 0 Å². The number of oxime groups is 1. The first kappa shape index (κ1) is 5.53. The van der Waals surface area contributed by atoms with Gasteiger partial charge in [-0.1, -0.05) is 5.16 Å². The lowest BCUT2D eigenvalue weighted by molar-refractivity contribution is 0.0689. The average Bonchev–Trinajstić information content (AvgIpc) is 2.59. The van der Waals surface area contributed by atoms with Gasteiger partial charge in [0, 0.05) is 12.6 Å². The second-order valence-corrected chi connectivity index (χ2v) is 2.13. The fraction of sp³-hybridized carbons (Fsp3) is 0.286. The maximum atomic E-state index is 5.11. The summed E-state index contributed by atoms with van der Waals surface area (Å²) >= 11 is 0. The minimum absolute atomic E-state index is 0.00926. The summed E-state index contributed by atoms with van der Waals surface area (Å²) in [7, 11) is 0. The van der Waals surface area contributed by atoms with Crippen LogP contribution in [-0.4, -0.2) is 6.21 Å². The highest BCUT2D eigenvalue weighted by Gasteiger charge is 2.17. The van der Waals surface area contributed by atoms with Crippen LogP contribution >= 0.6 is 0 Å². The van der Waals surface area contributed by atoms with E-state index in [4.69, 9.17) is 9.25 Å². The van der Waals surface area contributed by atoms with Gasteiger partial charge in [-0.2, -0.15) is 0 Å². The molecule has 2 rings (SSSR count). The van der Waals surface area contributed by atoms with Gasteiger partial charge in [0.25, 0.3) is 0 Å². The zero-order valence-corrected chi connectivity index (χ0v) is 5.36. The molecular formula is C7H7NO2. The molecule has 0 spiro atoms. The van der Waals surface area contributed by atoms with Crippen LogP contribution in [0.2, 0.25) is 0 Å². The summed E-state index contributed by atoms with van der Waals surface area (Å²) < 4.78 is 5.11. The van der Waals surface area contributed by atoms with E-state index in [1.165, 1.54) is 0 Å². The molecule has 1 aromatic rings.